The first-order valence-corrected chi connectivity index (χ1v) is 9.02. The van der Waals surface area contributed by atoms with Crippen LogP contribution in [0.3, 0.4) is 0 Å². The standard InChI is InChI=1S/C17H29N3O4/c1-17(15(22)23)10-6-12-20(17)14(21)9-5-11-18-16(24)19-13-7-3-2-4-8-13/h13H,2-12H2,1H3,(H,22,23)(H2,18,19,24). The van der Waals surface area contributed by atoms with E-state index in [1.54, 1.807) is 6.92 Å². The van der Waals surface area contributed by atoms with E-state index < -0.39 is 11.5 Å². The van der Waals surface area contributed by atoms with E-state index >= 15 is 0 Å². The number of carbonyl (C=O) groups excluding carboxylic acids is 2. The molecule has 1 aliphatic heterocycles. The van der Waals surface area contributed by atoms with Crippen molar-refractivity contribution in [3.63, 3.8) is 0 Å². The van der Waals surface area contributed by atoms with E-state index in [-0.39, 0.29) is 24.4 Å². The molecular weight excluding hydrogens is 310 g/mol. The normalized spacial score (nSPS) is 24.6. The molecule has 2 aliphatic rings. The number of nitrogens with zero attached hydrogens (tertiary/aromatic N) is 1. The van der Waals surface area contributed by atoms with Crippen LogP contribution >= 0.6 is 0 Å². The molecule has 1 aliphatic carbocycles. The Bertz CT molecular complexity index is 476. The van der Waals surface area contributed by atoms with Crippen LogP contribution in [0.2, 0.25) is 0 Å². The largest absolute Gasteiger partial charge is 0.480 e. The van der Waals surface area contributed by atoms with E-state index in [1.807, 2.05) is 0 Å². The van der Waals surface area contributed by atoms with Crippen molar-refractivity contribution in [2.75, 3.05) is 13.1 Å². The van der Waals surface area contributed by atoms with Crippen molar-refractivity contribution in [1.82, 2.24) is 15.5 Å². The number of carboxylic acid groups (broad SMARTS) is 1. The molecule has 7 nitrogen and oxygen atoms in total. The number of rotatable bonds is 6. The molecule has 0 spiro atoms. The lowest BCUT2D eigenvalue weighted by Gasteiger charge is -2.31. The van der Waals surface area contributed by atoms with Crippen molar-refractivity contribution in [2.24, 2.45) is 0 Å². The van der Waals surface area contributed by atoms with Crippen LogP contribution in [0.25, 0.3) is 0 Å². The molecule has 24 heavy (non-hydrogen) atoms. The highest BCUT2D eigenvalue weighted by Crippen LogP contribution is 2.29. The lowest BCUT2D eigenvalue weighted by molar-refractivity contribution is -0.155. The summed E-state index contributed by atoms with van der Waals surface area (Å²) in [5.74, 6) is -1.09. The van der Waals surface area contributed by atoms with Crippen LogP contribution in [-0.2, 0) is 9.59 Å². The highest BCUT2D eigenvalue weighted by atomic mass is 16.4. The number of carboxylic acids is 1. The molecule has 3 N–H and O–H groups in total. The zero-order valence-electron chi connectivity index (χ0n) is 14.5. The molecule has 0 bridgehead atoms. The number of likely N-dealkylation sites (tertiary alicyclic amines) is 1. The molecule has 136 valence electrons. The third kappa shape index (κ3) is 4.61. The minimum absolute atomic E-state index is 0.146. The highest BCUT2D eigenvalue weighted by Gasteiger charge is 2.45. The van der Waals surface area contributed by atoms with Gasteiger partial charge in [0.25, 0.3) is 0 Å². The Morgan fingerprint density at radius 2 is 1.88 bits per heavy atom. The van der Waals surface area contributed by atoms with Gasteiger partial charge in [-0.3, -0.25) is 4.79 Å². The fourth-order valence-corrected chi connectivity index (χ4v) is 3.65. The van der Waals surface area contributed by atoms with E-state index in [4.69, 9.17) is 0 Å². The van der Waals surface area contributed by atoms with Crippen molar-refractivity contribution in [3.05, 3.63) is 0 Å². The van der Waals surface area contributed by atoms with Crippen LogP contribution in [0.1, 0.15) is 64.7 Å². The van der Waals surface area contributed by atoms with Gasteiger partial charge in [-0.15, -0.1) is 0 Å². The Morgan fingerprint density at radius 1 is 1.17 bits per heavy atom. The Hall–Kier alpha value is -1.79. The zero-order valence-corrected chi connectivity index (χ0v) is 14.5. The quantitative estimate of drug-likeness (QED) is 0.643. The van der Waals surface area contributed by atoms with Crippen LogP contribution in [0.15, 0.2) is 0 Å². The predicted molar refractivity (Wildman–Crippen MR) is 89.6 cm³/mol. The first-order chi connectivity index (χ1) is 11.4. The number of hydrogen-bond acceptors (Lipinski definition) is 3. The van der Waals surface area contributed by atoms with Crippen LogP contribution in [0.5, 0.6) is 0 Å². The lowest BCUT2D eigenvalue weighted by atomic mass is 9.96. The number of urea groups is 1. The van der Waals surface area contributed by atoms with Crippen LogP contribution in [-0.4, -0.2) is 52.6 Å². The van der Waals surface area contributed by atoms with Gasteiger partial charge >= 0.3 is 12.0 Å². The molecule has 7 heteroatoms. The van der Waals surface area contributed by atoms with Gasteiger partial charge in [0.05, 0.1) is 0 Å². The maximum absolute atomic E-state index is 12.3. The molecule has 0 aromatic rings. The zero-order chi connectivity index (χ0) is 17.6. The number of carbonyl (C=O) groups is 3. The fourth-order valence-electron chi connectivity index (χ4n) is 3.65. The molecule has 3 amide bonds. The Balaban J connectivity index is 1.65. The SMILES string of the molecule is CC1(C(=O)O)CCCN1C(=O)CCCNC(=O)NC1CCCCC1. The maximum Gasteiger partial charge on any atom is 0.329 e. The molecule has 0 aromatic carbocycles. The molecule has 2 fully saturated rings. The monoisotopic (exact) mass is 339 g/mol. The minimum atomic E-state index is -1.08. The lowest BCUT2D eigenvalue weighted by Crippen LogP contribution is -2.50. The Morgan fingerprint density at radius 3 is 2.54 bits per heavy atom. The summed E-state index contributed by atoms with van der Waals surface area (Å²) in [6, 6.07) is 0.0900. The van der Waals surface area contributed by atoms with E-state index in [0.717, 1.165) is 32.1 Å². The first kappa shape index (κ1) is 18.5. The fraction of sp³-hybridized carbons (Fsp3) is 0.824. The van der Waals surface area contributed by atoms with Crippen molar-refractivity contribution >= 4 is 17.9 Å². The summed E-state index contributed by atoms with van der Waals surface area (Å²) in [6.45, 7) is 2.52. The van der Waals surface area contributed by atoms with Gasteiger partial charge in [-0.1, -0.05) is 19.3 Å². The third-order valence-electron chi connectivity index (χ3n) is 5.20. The summed E-state index contributed by atoms with van der Waals surface area (Å²) in [4.78, 5) is 36.9. The summed E-state index contributed by atoms with van der Waals surface area (Å²) in [7, 11) is 0. The summed E-state index contributed by atoms with van der Waals surface area (Å²) < 4.78 is 0. The molecular formula is C17H29N3O4. The molecule has 1 heterocycles. The van der Waals surface area contributed by atoms with Gasteiger partial charge in [-0.05, 0) is 39.0 Å². The van der Waals surface area contributed by atoms with E-state index in [1.165, 1.54) is 11.3 Å². The molecule has 1 saturated carbocycles. The third-order valence-corrected chi connectivity index (χ3v) is 5.20. The van der Waals surface area contributed by atoms with E-state index in [0.29, 0.717) is 25.9 Å². The average molecular weight is 339 g/mol. The summed E-state index contributed by atoms with van der Waals surface area (Å²) in [5, 5.41) is 15.1. The maximum atomic E-state index is 12.3. The van der Waals surface area contributed by atoms with Gasteiger partial charge in [0, 0.05) is 25.6 Å². The average Bonchev–Trinajstić information content (AvgIpc) is 2.96. The summed E-state index contributed by atoms with van der Waals surface area (Å²) >= 11 is 0. The van der Waals surface area contributed by atoms with Gasteiger partial charge in [0.1, 0.15) is 5.54 Å². The number of hydrogen-bond donors (Lipinski definition) is 3. The molecule has 1 unspecified atom stereocenters. The van der Waals surface area contributed by atoms with Gasteiger partial charge in [-0.25, -0.2) is 9.59 Å². The van der Waals surface area contributed by atoms with Crippen molar-refractivity contribution in [1.29, 1.82) is 0 Å². The van der Waals surface area contributed by atoms with Gasteiger partial charge < -0.3 is 20.6 Å². The van der Waals surface area contributed by atoms with Crippen LogP contribution in [0, 0.1) is 0 Å². The van der Waals surface area contributed by atoms with Crippen molar-refractivity contribution < 1.29 is 19.5 Å². The second-order valence-electron chi connectivity index (χ2n) is 7.07. The van der Waals surface area contributed by atoms with Gasteiger partial charge in [0.2, 0.25) is 5.91 Å². The molecule has 0 aromatic heterocycles. The molecule has 0 radical (unpaired) electrons. The second-order valence-corrected chi connectivity index (χ2v) is 7.07. The number of amides is 3. The van der Waals surface area contributed by atoms with Crippen molar-refractivity contribution in [3.8, 4) is 0 Å². The Kier molecular flexibility index (Phi) is 6.45. The smallest absolute Gasteiger partial charge is 0.329 e. The molecule has 1 atom stereocenters. The van der Waals surface area contributed by atoms with Gasteiger partial charge in [-0.2, -0.15) is 0 Å². The molecule has 2 rings (SSSR count). The summed E-state index contributed by atoms with van der Waals surface area (Å²) in [5.41, 5.74) is -1.08. The Labute approximate surface area is 143 Å². The van der Waals surface area contributed by atoms with Crippen LogP contribution < -0.4 is 10.6 Å². The van der Waals surface area contributed by atoms with E-state index in [2.05, 4.69) is 10.6 Å². The molecule has 1 saturated heterocycles. The predicted octanol–water partition coefficient (Wildman–Crippen LogP) is 1.86. The number of nitrogens with one attached hydrogen (secondary N) is 2. The summed E-state index contributed by atoms with van der Waals surface area (Å²) in [6.07, 6.45) is 7.63. The second kappa shape index (κ2) is 8.35. The first-order valence-electron chi connectivity index (χ1n) is 9.02. The van der Waals surface area contributed by atoms with Crippen molar-refractivity contribution in [2.45, 2.75) is 76.3 Å². The highest BCUT2D eigenvalue weighted by molar-refractivity contribution is 5.87. The van der Waals surface area contributed by atoms with E-state index in [9.17, 15) is 19.5 Å². The van der Waals surface area contributed by atoms with Gasteiger partial charge in [0.15, 0.2) is 0 Å². The number of aliphatic carboxylic acids is 1. The topological polar surface area (TPSA) is 98.7 Å². The van der Waals surface area contributed by atoms with Crippen LogP contribution in [0.4, 0.5) is 4.79 Å². The minimum Gasteiger partial charge on any atom is -0.480 e.